The van der Waals surface area contributed by atoms with Crippen molar-refractivity contribution in [1.82, 2.24) is 25.6 Å². The Kier molecular flexibility index (Phi) is 4.84. The normalized spacial score (nSPS) is 24.9. The summed E-state index contributed by atoms with van der Waals surface area (Å²) in [4.78, 5) is 40.2. The molecule has 12 nitrogen and oxygen atoms in total. The molecule has 0 saturated carbocycles. The fraction of sp³-hybridized carbons (Fsp3) is 0.435. The van der Waals surface area contributed by atoms with Crippen LogP contribution in [0.2, 0.25) is 0 Å². The standard InChI is InChI=1S/C23H24FN7O5/c1-10-8-31-16-13(5-23(18(31)11(2)35-10)20(32)27-22(34)28-21(23)33)4-14-17(15(16)24)36-29-19(14)25-6-12-7-26-30(3)9-12/h4,7,9-11,18H,5-6,8H2,1-3H3,(H,25,29)(H2,27,28,32,33,34)/t10-,11+,18-/m1/s1. The number of nitrogens with one attached hydrogen (secondary N) is 3. The van der Waals surface area contributed by atoms with Gasteiger partial charge >= 0.3 is 6.03 Å². The Labute approximate surface area is 204 Å². The van der Waals surface area contributed by atoms with Crippen LogP contribution < -0.4 is 20.9 Å². The number of aromatic nitrogens is 3. The molecule has 1 aromatic carbocycles. The quantitative estimate of drug-likeness (QED) is 0.455. The molecule has 3 aliphatic heterocycles. The third-order valence-electron chi connectivity index (χ3n) is 7.18. The molecule has 3 N–H and O–H groups in total. The first-order valence-electron chi connectivity index (χ1n) is 11.6. The second kappa shape index (κ2) is 7.75. The molecule has 0 aliphatic carbocycles. The van der Waals surface area contributed by atoms with Crippen molar-refractivity contribution in [2.24, 2.45) is 12.5 Å². The minimum atomic E-state index is -1.69. The molecule has 0 radical (unpaired) electrons. The maximum atomic E-state index is 16.1. The number of halogens is 1. The number of rotatable bonds is 3. The molecule has 13 heteroatoms. The lowest BCUT2D eigenvalue weighted by molar-refractivity contribution is -0.153. The van der Waals surface area contributed by atoms with Crippen molar-refractivity contribution in [2.45, 2.75) is 45.1 Å². The van der Waals surface area contributed by atoms with Crippen LogP contribution in [0.15, 0.2) is 23.0 Å². The highest BCUT2D eigenvalue weighted by molar-refractivity contribution is 6.20. The second-order valence-electron chi connectivity index (χ2n) is 9.62. The number of benzene rings is 1. The van der Waals surface area contributed by atoms with Gasteiger partial charge in [-0.15, -0.1) is 0 Å². The molecule has 6 rings (SSSR count). The molecule has 0 bridgehead atoms. The summed E-state index contributed by atoms with van der Waals surface area (Å²) < 4.78 is 29.1. The molecular formula is C23H24FN7O5. The van der Waals surface area contributed by atoms with Gasteiger partial charge in [-0.3, -0.25) is 24.9 Å². The molecule has 2 fully saturated rings. The van der Waals surface area contributed by atoms with Crippen molar-refractivity contribution in [3.05, 3.63) is 35.4 Å². The first-order valence-corrected chi connectivity index (χ1v) is 11.6. The van der Waals surface area contributed by atoms with E-state index in [0.29, 0.717) is 23.3 Å². The van der Waals surface area contributed by atoms with Gasteiger partial charge in [-0.1, -0.05) is 5.16 Å². The van der Waals surface area contributed by atoms with E-state index in [2.05, 4.69) is 26.2 Å². The number of amides is 4. The second-order valence-corrected chi connectivity index (χ2v) is 9.62. The zero-order valence-electron chi connectivity index (χ0n) is 19.8. The number of carbonyl (C=O) groups is 3. The van der Waals surface area contributed by atoms with Crippen molar-refractivity contribution in [3.63, 3.8) is 0 Å². The van der Waals surface area contributed by atoms with Crippen molar-refractivity contribution < 1.29 is 28.0 Å². The molecule has 3 aromatic rings. The van der Waals surface area contributed by atoms with Gasteiger partial charge in [0.2, 0.25) is 17.4 Å². The summed E-state index contributed by atoms with van der Waals surface area (Å²) >= 11 is 0. The maximum absolute atomic E-state index is 16.1. The highest BCUT2D eigenvalue weighted by Gasteiger charge is 2.63. The summed E-state index contributed by atoms with van der Waals surface area (Å²) in [6.07, 6.45) is 2.51. The van der Waals surface area contributed by atoms with Crippen molar-refractivity contribution >= 4 is 40.3 Å². The predicted octanol–water partition coefficient (Wildman–Crippen LogP) is 1.20. The fourth-order valence-electron chi connectivity index (χ4n) is 5.82. The summed E-state index contributed by atoms with van der Waals surface area (Å²) in [6, 6.07) is -0.0316. The predicted molar refractivity (Wildman–Crippen MR) is 123 cm³/mol. The highest BCUT2D eigenvalue weighted by Crippen LogP contribution is 2.49. The summed E-state index contributed by atoms with van der Waals surface area (Å²) in [5.74, 6) is -1.77. The van der Waals surface area contributed by atoms with Gasteiger partial charge in [-0.25, -0.2) is 9.18 Å². The van der Waals surface area contributed by atoms with E-state index in [1.165, 1.54) is 0 Å². The van der Waals surface area contributed by atoms with E-state index in [-0.39, 0.29) is 30.3 Å². The van der Waals surface area contributed by atoms with Gasteiger partial charge in [0.25, 0.3) is 0 Å². The van der Waals surface area contributed by atoms with Gasteiger partial charge in [0.05, 0.1) is 35.5 Å². The highest BCUT2D eigenvalue weighted by atomic mass is 19.1. The Bertz CT molecular complexity index is 1410. The molecule has 36 heavy (non-hydrogen) atoms. The lowest BCUT2D eigenvalue weighted by Gasteiger charge is -2.55. The third kappa shape index (κ3) is 3.11. The van der Waals surface area contributed by atoms with Crippen LogP contribution in [0.1, 0.15) is 25.0 Å². The van der Waals surface area contributed by atoms with Crippen LogP contribution in [-0.2, 0) is 34.3 Å². The summed E-state index contributed by atoms with van der Waals surface area (Å²) in [7, 11) is 1.80. The van der Waals surface area contributed by atoms with Crippen LogP contribution in [0.4, 0.5) is 20.7 Å². The fourth-order valence-corrected chi connectivity index (χ4v) is 5.82. The van der Waals surface area contributed by atoms with Gasteiger partial charge in [-0.05, 0) is 25.5 Å². The van der Waals surface area contributed by atoms with Crippen LogP contribution in [-0.4, -0.2) is 57.6 Å². The smallest absolute Gasteiger partial charge is 0.328 e. The number of barbiturate groups is 1. The monoisotopic (exact) mass is 497 g/mol. The summed E-state index contributed by atoms with van der Waals surface area (Å²) in [5, 5.41) is 16.1. The number of ether oxygens (including phenoxy) is 1. The molecule has 4 amide bonds. The number of nitrogens with zero attached hydrogens (tertiary/aromatic N) is 4. The average molecular weight is 497 g/mol. The molecule has 5 heterocycles. The number of imide groups is 2. The van der Waals surface area contributed by atoms with E-state index >= 15 is 4.39 Å². The number of hydrogen-bond acceptors (Lipinski definition) is 9. The van der Waals surface area contributed by atoms with E-state index in [1.807, 2.05) is 13.1 Å². The molecular weight excluding hydrogens is 473 g/mol. The van der Waals surface area contributed by atoms with Crippen LogP contribution in [0.5, 0.6) is 0 Å². The molecule has 0 unspecified atom stereocenters. The van der Waals surface area contributed by atoms with Crippen LogP contribution in [0, 0.1) is 11.2 Å². The number of fused-ring (bicyclic) bond motifs is 5. The Balaban J connectivity index is 1.48. The molecule has 3 aliphatic rings. The van der Waals surface area contributed by atoms with Gasteiger partial charge in [0.15, 0.2) is 17.1 Å². The minimum Gasteiger partial charge on any atom is -0.372 e. The molecule has 2 aromatic heterocycles. The van der Waals surface area contributed by atoms with E-state index in [1.54, 1.807) is 35.8 Å². The summed E-state index contributed by atoms with van der Waals surface area (Å²) in [6.45, 7) is 4.19. The Morgan fingerprint density at radius 1 is 1.25 bits per heavy atom. The third-order valence-corrected chi connectivity index (χ3v) is 7.18. The molecule has 2 saturated heterocycles. The Morgan fingerprint density at radius 3 is 2.69 bits per heavy atom. The number of aryl methyl sites for hydroxylation is 1. The number of carbonyl (C=O) groups excluding carboxylic acids is 3. The van der Waals surface area contributed by atoms with Crippen LogP contribution >= 0.6 is 0 Å². The molecule has 3 atom stereocenters. The number of anilines is 2. The number of hydrogen-bond donors (Lipinski definition) is 3. The average Bonchev–Trinajstić information content (AvgIpc) is 3.41. The lowest BCUT2D eigenvalue weighted by Crippen LogP contribution is -2.75. The first kappa shape index (κ1) is 22.5. The van der Waals surface area contributed by atoms with E-state index in [4.69, 9.17) is 9.26 Å². The molecule has 1 spiro atoms. The molecule has 188 valence electrons. The van der Waals surface area contributed by atoms with Gasteiger partial charge in [0, 0.05) is 38.3 Å². The summed E-state index contributed by atoms with van der Waals surface area (Å²) in [5.41, 5.74) is -0.152. The minimum absolute atomic E-state index is 0.0309. The largest absolute Gasteiger partial charge is 0.372 e. The van der Waals surface area contributed by atoms with Crippen LogP contribution in [0.25, 0.3) is 11.0 Å². The van der Waals surface area contributed by atoms with Crippen molar-refractivity contribution in [3.8, 4) is 0 Å². The van der Waals surface area contributed by atoms with Crippen LogP contribution in [0.3, 0.4) is 0 Å². The van der Waals surface area contributed by atoms with Gasteiger partial charge < -0.3 is 19.5 Å². The first-order chi connectivity index (χ1) is 17.2. The van der Waals surface area contributed by atoms with Crippen molar-refractivity contribution in [1.29, 1.82) is 0 Å². The van der Waals surface area contributed by atoms with Gasteiger partial charge in [0.1, 0.15) is 0 Å². The van der Waals surface area contributed by atoms with Crippen molar-refractivity contribution in [2.75, 3.05) is 16.8 Å². The Hall–Kier alpha value is -4.00. The van der Waals surface area contributed by atoms with E-state index < -0.39 is 41.2 Å². The maximum Gasteiger partial charge on any atom is 0.328 e. The Morgan fingerprint density at radius 2 is 2.00 bits per heavy atom. The lowest BCUT2D eigenvalue weighted by atomic mass is 9.66. The van der Waals surface area contributed by atoms with Gasteiger partial charge in [-0.2, -0.15) is 5.10 Å². The number of urea groups is 1. The van der Waals surface area contributed by atoms with E-state index in [0.717, 1.165) is 5.56 Å². The van der Waals surface area contributed by atoms with E-state index in [9.17, 15) is 14.4 Å². The zero-order chi connectivity index (χ0) is 25.4. The zero-order valence-corrected chi connectivity index (χ0v) is 19.8. The topological polar surface area (TPSA) is 144 Å². The number of morpholine rings is 1. The SMILES string of the molecule is C[C@@H]1CN2c3c(cc4c(NCc5cnn(C)c5)noc4c3F)CC3(C(=O)NC(=O)NC3=O)[C@H]2[C@H](C)O1.